The molecule has 182 valence electrons. The summed E-state index contributed by atoms with van der Waals surface area (Å²) in [5, 5.41) is 2.14. The van der Waals surface area contributed by atoms with Gasteiger partial charge >= 0.3 is 0 Å². The second-order valence-electron chi connectivity index (χ2n) is 8.04. The molecule has 0 unspecified atom stereocenters. The molecular weight excluding hydrogens is 469 g/mol. The Morgan fingerprint density at radius 2 is 1.29 bits per heavy atom. The number of carbonyl (C=O) groups is 2. The van der Waals surface area contributed by atoms with Crippen LogP contribution < -0.4 is 10.2 Å². The molecule has 1 saturated heterocycles. The highest BCUT2D eigenvalue weighted by atomic mass is 19.2. The lowest BCUT2D eigenvalue weighted by atomic mass is 10.1. The monoisotopic (exact) mass is 489 g/mol. The summed E-state index contributed by atoms with van der Waals surface area (Å²) >= 11 is 0. The van der Waals surface area contributed by atoms with E-state index < -0.39 is 40.6 Å². The van der Waals surface area contributed by atoms with Crippen LogP contribution in [-0.2, 0) is 0 Å². The molecule has 35 heavy (non-hydrogen) atoms. The van der Waals surface area contributed by atoms with Crippen LogP contribution >= 0.6 is 0 Å². The van der Waals surface area contributed by atoms with Gasteiger partial charge in [0.2, 0.25) is 5.82 Å². The maximum atomic E-state index is 13.9. The van der Waals surface area contributed by atoms with Crippen molar-refractivity contribution in [3.63, 3.8) is 0 Å². The zero-order valence-electron chi connectivity index (χ0n) is 18.5. The number of carbonyl (C=O) groups excluding carboxylic acids is 2. The number of hydrogen-bond donors (Lipinski definition) is 1. The van der Waals surface area contributed by atoms with Crippen LogP contribution in [0, 0.1) is 36.0 Å². The number of hydrogen-bond acceptors (Lipinski definition) is 3. The Hall–Kier alpha value is -3.95. The van der Waals surface area contributed by atoms with E-state index in [9.17, 15) is 31.5 Å². The predicted molar refractivity (Wildman–Crippen MR) is 120 cm³/mol. The molecule has 0 radical (unpaired) electrons. The van der Waals surface area contributed by atoms with Crippen LogP contribution in [0.4, 0.5) is 33.3 Å². The van der Waals surface area contributed by atoms with Crippen molar-refractivity contribution < 1.29 is 31.5 Å². The first-order valence-electron chi connectivity index (χ1n) is 10.7. The fourth-order valence-corrected chi connectivity index (χ4v) is 3.90. The third-order valence-electron chi connectivity index (χ3n) is 5.87. The second kappa shape index (κ2) is 9.73. The normalized spacial score (nSPS) is 13.7. The number of aryl methyl sites for hydroxylation is 1. The largest absolute Gasteiger partial charge is 0.368 e. The van der Waals surface area contributed by atoms with Gasteiger partial charge in [0.1, 0.15) is 5.56 Å². The number of benzene rings is 3. The standard InChI is InChI=1S/C25H20F5N3O2/c1-14-4-2-3-5-17(14)25(35)33-12-10-32(11-13-33)16-8-6-15(7-9-16)31-24(34)18-19(26)21(28)23(30)22(29)20(18)27/h2-9H,10-13H2,1H3,(H,31,34). The molecule has 4 rings (SSSR count). The van der Waals surface area contributed by atoms with E-state index in [0.29, 0.717) is 31.7 Å². The number of amides is 2. The van der Waals surface area contributed by atoms with E-state index in [-0.39, 0.29) is 11.6 Å². The van der Waals surface area contributed by atoms with Gasteiger partial charge < -0.3 is 15.1 Å². The zero-order chi connectivity index (χ0) is 25.3. The van der Waals surface area contributed by atoms with E-state index in [1.54, 1.807) is 23.1 Å². The maximum absolute atomic E-state index is 13.9. The Kier molecular flexibility index (Phi) is 6.72. The predicted octanol–water partition coefficient (Wildman–Crippen LogP) is 4.91. The van der Waals surface area contributed by atoms with Crippen molar-refractivity contribution in [2.24, 2.45) is 0 Å². The van der Waals surface area contributed by atoms with E-state index in [1.165, 1.54) is 12.1 Å². The number of nitrogens with one attached hydrogen (secondary N) is 1. The molecule has 3 aromatic rings. The van der Waals surface area contributed by atoms with E-state index >= 15 is 0 Å². The smallest absolute Gasteiger partial charge is 0.261 e. The number of nitrogens with zero attached hydrogens (tertiary/aromatic N) is 2. The fourth-order valence-electron chi connectivity index (χ4n) is 3.90. The summed E-state index contributed by atoms with van der Waals surface area (Å²) in [7, 11) is 0. The number of rotatable bonds is 4. The summed E-state index contributed by atoms with van der Waals surface area (Å²) < 4.78 is 67.7. The molecule has 0 atom stereocenters. The molecule has 0 spiro atoms. The molecule has 5 nitrogen and oxygen atoms in total. The number of anilines is 2. The van der Waals surface area contributed by atoms with Crippen molar-refractivity contribution in [1.29, 1.82) is 0 Å². The zero-order valence-corrected chi connectivity index (χ0v) is 18.5. The lowest BCUT2D eigenvalue weighted by molar-refractivity contribution is 0.0746. The minimum atomic E-state index is -2.33. The van der Waals surface area contributed by atoms with Crippen molar-refractivity contribution in [1.82, 2.24) is 4.90 Å². The lowest BCUT2D eigenvalue weighted by Gasteiger charge is -2.36. The lowest BCUT2D eigenvalue weighted by Crippen LogP contribution is -2.48. The van der Waals surface area contributed by atoms with Crippen LogP contribution in [0.2, 0.25) is 0 Å². The summed E-state index contributed by atoms with van der Waals surface area (Å²) in [5.41, 5.74) is 0.900. The van der Waals surface area contributed by atoms with Gasteiger partial charge in [-0.05, 0) is 42.8 Å². The minimum Gasteiger partial charge on any atom is -0.368 e. The van der Waals surface area contributed by atoms with Crippen molar-refractivity contribution in [3.8, 4) is 0 Å². The Balaban J connectivity index is 1.40. The first-order valence-corrected chi connectivity index (χ1v) is 10.7. The molecule has 0 aliphatic carbocycles. The quantitative estimate of drug-likeness (QED) is 0.322. The second-order valence-corrected chi connectivity index (χ2v) is 8.04. The van der Waals surface area contributed by atoms with Gasteiger partial charge in [0.15, 0.2) is 23.3 Å². The summed E-state index contributed by atoms with van der Waals surface area (Å²) in [5.74, 6) is -12.6. The van der Waals surface area contributed by atoms with E-state index in [1.807, 2.05) is 30.0 Å². The van der Waals surface area contributed by atoms with Gasteiger partial charge in [-0.1, -0.05) is 18.2 Å². The Bertz CT molecular complexity index is 1260. The van der Waals surface area contributed by atoms with Gasteiger partial charge in [0, 0.05) is 43.1 Å². The van der Waals surface area contributed by atoms with Gasteiger partial charge in [-0.15, -0.1) is 0 Å². The Labute approximate surface area is 197 Å². The third-order valence-corrected chi connectivity index (χ3v) is 5.87. The van der Waals surface area contributed by atoms with Crippen LogP contribution in [0.5, 0.6) is 0 Å². The van der Waals surface area contributed by atoms with Crippen LogP contribution in [-0.4, -0.2) is 42.9 Å². The van der Waals surface area contributed by atoms with Crippen LogP contribution in [0.15, 0.2) is 48.5 Å². The molecule has 1 aliphatic heterocycles. The Morgan fingerprint density at radius 1 is 0.743 bits per heavy atom. The Morgan fingerprint density at radius 3 is 1.86 bits per heavy atom. The first-order chi connectivity index (χ1) is 16.7. The van der Waals surface area contributed by atoms with Gasteiger partial charge in [-0.3, -0.25) is 9.59 Å². The van der Waals surface area contributed by atoms with E-state index in [2.05, 4.69) is 5.32 Å². The van der Waals surface area contributed by atoms with Gasteiger partial charge in [0.25, 0.3) is 11.8 Å². The summed E-state index contributed by atoms with van der Waals surface area (Å²) in [6.07, 6.45) is 0. The highest BCUT2D eigenvalue weighted by Gasteiger charge is 2.30. The van der Waals surface area contributed by atoms with Crippen molar-refractivity contribution in [2.45, 2.75) is 6.92 Å². The van der Waals surface area contributed by atoms with Crippen LogP contribution in [0.3, 0.4) is 0 Å². The van der Waals surface area contributed by atoms with E-state index in [4.69, 9.17) is 0 Å². The average molecular weight is 489 g/mol. The summed E-state index contributed by atoms with van der Waals surface area (Å²) in [6.45, 7) is 4.02. The summed E-state index contributed by atoms with van der Waals surface area (Å²) in [6, 6.07) is 13.6. The molecule has 0 bridgehead atoms. The summed E-state index contributed by atoms with van der Waals surface area (Å²) in [4.78, 5) is 28.8. The average Bonchev–Trinajstić information content (AvgIpc) is 2.87. The first kappa shape index (κ1) is 24.2. The molecule has 10 heteroatoms. The van der Waals surface area contributed by atoms with Gasteiger partial charge in [-0.2, -0.15) is 0 Å². The van der Waals surface area contributed by atoms with E-state index in [0.717, 1.165) is 11.3 Å². The molecular formula is C25H20F5N3O2. The molecule has 2 amide bonds. The third kappa shape index (κ3) is 4.68. The fraction of sp³-hybridized carbons (Fsp3) is 0.200. The van der Waals surface area contributed by atoms with Gasteiger partial charge in [0.05, 0.1) is 0 Å². The molecule has 1 fully saturated rings. The molecule has 0 aromatic heterocycles. The highest BCUT2D eigenvalue weighted by molar-refractivity contribution is 6.04. The number of halogens is 5. The minimum absolute atomic E-state index is 0.0334. The van der Waals surface area contributed by atoms with Crippen molar-refractivity contribution >= 4 is 23.2 Å². The molecule has 1 heterocycles. The van der Waals surface area contributed by atoms with Crippen molar-refractivity contribution in [3.05, 3.63) is 94.3 Å². The molecule has 0 saturated carbocycles. The molecule has 1 N–H and O–H groups in total. The molecule has 3 aromatic carbocycles. The maximum Gasteiger partial charge on any atom is 0.261 e. The van der Waals surface area contributed by atoms with Crippen molar-refractivity contribution in [2.75, 3.05) is 36.4 Å². The van der Waals surface area contributed by atoms with Crippen LogP contribution in [0.1, 0.15) is 26.3 Å². The molecule has 1 aliphatic rings. The number of piperazine rings is 1. The highest BCUT2D eigenvalue weighted by Crippen LogP contribution is 2.25. The van der Waals surface area contributed by atoms with Crippen LogP contribution in [0.25, 0.3) is 0 Å². The SMILES string of the molecule is Cc1ccccc1C(=O)N1CCN(c2ccc(NC(=O)c3c(F)c(F)c(F)c(F)c3F)cc2)CC1. The topological polar surface area (TPSA) is 52.7 Å². The van der Waals surface area contributed by atoms with Gasteiger partial charge in [-0.25, -0.2) is 22.0 Å².